The molecule has 5 aliphatic carbocycles. The number of carbonyl (C=O) groups excluding carboxylic acids is 3. The van der Waals surface area contributed by atoms with Crippen LogP contribution in [0.1, 0.15) is 77.6 Å². The molecule has 6 heteroatoms. The normalized spacial score (nSPS) is 43.1. The first-order valence-electron chi connectivity index (χ1n) is 11.8. The van der Waals surface area contributed by atoms with Crippen LogP contribution >= 0.6 is 0 Å². The zero-order valence-corrected chi connectivity index (χ0v) is 17.7. The van der Waals surface area contributed by atoms with Crippen LogP contribution in [0.3, 0.4) is 0 Å². The van der Waals surface area contributed by atoms with Crippen molar-refractivity contribution >= 4 is 17.8 Å². The number of carbonyl (C=O) groups is 3. The molecule has 1 heterocycles. The van der Waals surface area contributed by atoms with E-state index in [9.17, 15) is 14.4 Å². The van der Waals surface area contributed by atoms with E-state index in [1.165, 1.54) is 38.5 Å². The SMILES string of the molecule is CCC1CCC2(CC1)NC(=O)N(CC(=O)NCC13CC4CC(CC(C4)C1)C3)C2=O. The first-order valence-corrected chi connectivity index (χ1v) is 11.8. The summed E-state index contributed by atoms with van der Waals surface area (Å²) in [6.45, 7) is 2.75. The maximum Gasteiger partial charge on any atom is 0.325 e. The van der Waals surface area contributed by atoms with E-state index >= 15 is 0 Å². The zero-order chi connectivity index (χ0) is 20.2. The Hall–Kier alpha value is -1.59. The summed E-state index contributed by atoms with van der Waals surface area (Å²) in [5.74, 6) is 2.81. The molecule has 2 N–H and O–H groups in total. The summed E-state index contributed by atoms with van der Waals surface area (Å²) in [6.07, 6.45) is 12.3. The molecule has 0 atom stereocenters. The van der Waals surface area contributed by atoms with E-state index in [4.69, 9.17) is 0 Å². The van der Waals surface area contributed by atoms with Crippen molar-refractivity contribution in [3.8, 4) is 0 Å². The highest BCUT2D eigenvalue weighted by atomic mass is 16.2. The lowest BCUT2D eigenvalue weighted by atomic mass is 9.49. The van der Waals surface area contributed by atoms with Gasteiger partial charge in [-0.05, 0) is 93.3 Å². The van der Waals surface area contributed by atoms with Crippen molar-refractivity contribution in [1.29, 1.82) is 0 Å². The Morgan fingerprint density at radius 3 is 2.21 bits per heavy atom. The molecule has 1 spiro atoms. The van der Waals surface area contributed by atoms with Crippen molar-refractivity contribution in [2.75, 3.05) is 13.1 Å². The van der Waals surface area contributed by atoms with Gasteiger partial charge in [-0.25, -0.2) is 4.79 Å². The highest BCUT2D eigenvalue weighted by molar-refractivity contribution is 6.09. The summed E-state index contributed by atoms with van der Waals surface area (Å²) < 4.78 is 0. The summed E-state index contributed by atoms with van der Waals surface area (Å²) in [4.78, 5) is 39.3. The minimum Gasteiger partial charge on any atom is -0.354 e. The summed E-state index contributed by atoms with van der Waals surface area (Å²) in [7, 11) is 0. The van der Waals surface area contributed by atoms with Gasteiger partial charge in [0.05, 0.1) is 0 Å². The van der Waals surface area contributed by atoms with Crippen LogP contribution in [-0.4, -0.2) is 41.4 Å². The highest BCUT2D eigenvalue weighted by Gasteiger charge is 2.53. The Bertz CT molecular complexity index is 675. The molecule has 6 fully saturated rings. The molecule has 1 saturated heterocycles. The standard InChI is InChI=1S/C23H35N3O3/c1-2-15-3-5-23(6-4-15)20(28)26(21(29)25-23)13-19(27)24-14-22-10-16-7-17(11-22)9-18(8-16)12-22/h15-18H,2-14H2,1H3,(H,24,27)(H,25,29). The molecule has 29 heavy (non-hydrogen) atoms. The van der Waals surface area contributed by atoms with E-state index in [1.807, 2.05) is 0 Å². The van der Waals surface area contributed by atoms with Gasteiger partial charge < -0.3 is 10.6 Å². The maximum absolute atomic E-state index is 13.0. The highest BCUT2D eigenvalue weighted by Crippen LogP contribution is 2.59. The molecule has 0 radical (unpaired) electrons. The molecular weight excluding hydrogens is 366 g/mol. The number of urea groups is 1. The van der Waals surface area contributed by atoms with Crippen LogP contribution in [0.5, 0.6) is 0 Å². The average molecular weight is 402 g/mol. The van der Waals surface area contributed by atoms with Gasteiger partial charge in [-0.1, -0.05) is 13.3 Å². The van der Waals surface area contributed by atoms with Crippen LogP contribution in [-0.2, 0) is 9.59 Å². The second-order valence-corrected chi connectivity index (χ2v) is 10.9. The zero-order valence-electron chi connectivity index (χ0n) is 17.7. The molecule has 6 aliphatic rings. The first-order chi connectivity index (χ1) is 13.9. The van der Waals surface area contributed by atoms with Crippen LogP contribution in [0, 0.1) is 29.1 Å². The largest absolute Gasteiger partial charge is 0.354 e. The van der Waals surface area contributed by atoms with E-state index in [-0.39, 0.29) is 23.8 Å². The summed E-state index contributed by atoms with van der Waals surface area (Å²) in [6, 6.07) is -0.394. The number of nitrogens with one attached hydrogen (secondary N) is 2. The van der Waals surface area contributed by atoms with Crippen molar-refractivity contribution in [2.45, 2.75) is 83.1 Å². The number of rotatable bonds is 5. The van der Waals surface area contributed by atoms with Crippen LogP contribution in [0.2, 0.25) is 0 Å². The van der Waals surface area contributed by atoms with Crippen LogP contribution < -0.4 is 10.6 Å². The average Bonchev–Trinajstić information content (AvgIpc) is 2.90. The number of nitrogens with zero attached hydrogens (tertiary/aromatic N) is 1. The molecular formula is C23H35N3O3. The third kappa shape index (κ3) is 3.36. The summed E-state index contributed by atoms with van der Waals surface area (Å²) in [5, 5.41) is 6.03. The van der Waals surface area contributed by atoms with E-state index in [0.29, 0.717) is 25.3 Å². The maximum atomic E-state index is 13.0. The number of imide groups is 1. The predicted molar refractivity (Wildman–Crippen MR) is 109 cm³/mol. The lowest BCUT2D eigenvalue weighted by molar-refractivity contribution is -0.136. The molecule has 0 unspecified atom stereocenters. The molecule has 0 aromatic rings. The third-order valence-corrected chi connectivity index (χ3v) is 8.91. The van der Waals surface area contributed by atoms with Crippen LogP contribution in [0.4, 0.5) is 4.79 Å². The van der Waals surface area contributed by atoms with Gasteiger partial charge in [-0.2, -0.15) is 0 Å². The number of hydrogen-bond acceptors (Lipinski definition) is 3. The van der Waals surface area contributed by atoms with Gasteiger partial charge >= 0.3 is 6.03 Å². The molecule has 4 amide bonds. The molecule has 0 aromatic heterocycles. The fourth-order valence-electron chi connectivity index (χ4n) is 7.73. The number of hydrogen-bond donors (Lipinski definition) is 2. The molecule has 4 bridgehead atoms. The van der Waals surface area contributed by atoms with E-state index < -0.39 is 11.6 Å². The molecule has 6 rings (SSSR count). The molecule has 0 aromatic carbocycles. The number of amides is 4. The fourth-order valence-corrected chi connectivity index (χ4v) is 7.73. The minimum atomic E-state index is -0.761. The quantitative estimate of drug-likeness (QED) is 0.695. The summed E-state index contributed by atoms with van der Waals surface area (Å²) >= 11 is 0. The Morgan fingerprint density at radius 2 is 1.66 bits per heavy atom. The molecule has 5 saturated carbocycles. The van der Waals surface area contributed by atoms with Crippen molar-refractivity contribution in [1.82, 2.24) is 15.5 Å². The fraction of sp³-hybridized carbons (Fsp3) is 0.870. The monoisotopic (exact) mass is 401 g/mol. The van der Waals surface area contributed by atoms with Crippen molar-refractivity contribution in [3.05, 3.63) is 0 Å². The van der Waals surface area contributed by atoms with Gasteiger partial charge in [0.25, 0.3) is 5.91 Å². The summed E-state index contributed by atoms with van der Waals surface area (Å²) in [5.41, 5.74) is -0.496. The van der Waals surface area contributed by atoms with Crippen LogP contribution in [0.25, 0.3) is 0 Å². The first kappa shape index (κ1) is 19.4. The Balaban J connectivity index is 1.17. The van der Waals surface area contributed by atoms with E-state index in [0.717, 1.165) is 41.9 Å². The second-order valence-electron chi connectivity index (χ2n) is 10.9. The Morgan fingerprint density at radius 1 is 1.07 bits per heavy atom. The third-order valence-electron chi connectivity index (χ3n) is 8.91. The Kier molecular flexibility index (Phi) is 4.67. The molecule has 1 aliphatic heterocycles. The topological polar surface area (TPSA) is 78.5 Å². The molecule has 6 nitrogen and oxygen atoms in total. The smallest absolute Gasteiger partial charge is 0.325 e. The van der Waals surface area contributed by atoms with Crippen molar-refractivity contribution in [2.24, 2.45) is 29.1 Å². The van der Waals surface area contributed by atoms with Gasteiger partial charge in [0.1, 0.15) is 12.1 Å². The second kappa shape index (κ2) is 6.98. The van der Waals surface area contributed by atoms with Gasteiger partial charge in [-0.15, -0.1) is 0 Å². The van der Waals surface area contributed by atoms with Gasteiger partial charge in [0.15, 0.2) is 0 Å². The van der Waals surface area contributed by atoms with E-state index in [1.54, 1.807) is 0 Å². The van der Waals surface area contributed by atoms with Crippen molar-refractivity contribution in [3.63, 3.8) is 0 Å². The van der Waals surface area contributed by atoms with Gasteiger partial charge in [0, 0.05) is 6.54 Å². The Labute approximate surface area is 173 Å². The van der Waals surface area contributed by atoms with E-state index in [2.05, 4.69) is 17.6 Å². The lowest BCUT2D eigenvalue weighted by Gasteiger charge is -2.56. The van der Waals surface area contributed by atoms with Gasteiger partial charge in [0.2, 0.25) is 5.91 Å². The van der Waals surface area contributed by atoms with Gasteiger partial charge in [-0.3, -0.25) is 14.5 Å². The predicted octanol–water partition coefficient (Wildman–Crippen LogP) is 3.21. The van der Waals surface area contributed by atoms with Crippen molar-refractivity contribution < 1.29 is 14.4 Å². The minimum absolute atomic E-state index is 0.143. The molecule has 160 valence electrons. The van der Waals surface area contributed by atoms with Crippen LogP contribution in [0.15, 0.2) is 0 Å². The lowest BCUT2D eigenvalue weighted by Crippen LogP contribution is -2.52.